The van der Waals surface area contributed by atoms with Crippen LogP contribution in [0.2, 0.25) is 0 Å². The molecule has 1 amide bonds. The summed E-state index contributed by atoms with van der Waals surface area (Å²) in [5.41, 5.74) is 1.64. The first-order valence-electron chi connectivity index (χ1n) is 6.81. The Hall–Kier alpha value is -1.64. The van der Waals surface area contributed by atoms with Gasteiger partial charge in [0, 0.05) is 12.1 Å². The van der Waals surface area contributed by atoms with Crippen LogP contribution in [0.4, 0.5) is 0 Å². The molecule has 1 aromatic rings. The smallest absolute Gasteiger partial charge is 0.292 e. The van der Waals surface area contributed by atoms with Crippen molar-refractivity contribution in [1.82, 2.24) is 5.32 Å². The maximum Gasteiger partial charge on any atom is 0.292 e. The van der Waals surface area contributed by atoms with E-state index in [0.717, 1.165) is 6.42 Å². The largest absolute Gasteiger partial charge is 0.349 e. The van der Waals surface area contributed by atoms with E-state index in [1.165, 1.54) is 5.56 Å². The number of hydrogen-bond donors (Lipinski definition) is 1. The first-order valence-corrected chi connectivity index (χ1v) is 6.81. The number of Topliss-reactive ketones (excluding diaryl/α,β-unsaturated/α-hetero) is 1. The molecule has 0 bridgehead atoms. The molecule has 0 heterocycles. The summed E-state index contributed by atoms with van der Waals surface area (Å²) >= 11 is 0. The molecule has 3 nitrogen and oxygen atoms in total. The van der Waals surface area contributed by atoms with Gasteiger partial charge in [-0.2, -0.15) is 0 Å². The quantitative estimate of drug-likeness (QED) is 0.632. The Morgan fingerprint density at radius 3 is 2.05 bits per heavy atom. The van der Waals surface area contributed by atoms with Gasteiger partial charge in [-0.25, -0.2) is 0 Å². The van der Waals surface area contributed by atoms with Crippen molar-refractivity contribution in [3.05, 3.63) is 35.4 Å². The summed E-state index contributed by atoms with van der Waals surface area (Å²) < 4.78 is 0. The average molecular weight is 261 g/mol. The van der Waals surface area contributed by atoms with Gasteiger partial charge in [-0.05, 0) is 23.8 Å². The van der Waals surface area contributed by atoms with Crippen LogP contribution in [0.3, 0.4) is 0 Å². The fourth-order valence-corrected chi connectivity index (χ4v) is 1.77. The molecular formula is C16H23NO2. The van der Waals surface area contributed by atoms with Crippen molar-refractivity contribution in [3.63, 3.8) is 0 Å². The first-order chi connectivity index (χ1) is 8.90. The van der Waals surface area contributed by atoms with Gasteiger partial charge >= 0.3 is 0 Å². The van der Waals surface area contributed by atoms with Crippen LogP contribution in [-0.2, 0) is 11.2 Å². The van der Waals surface area contributed by atoms with Gasteiger partial charge in [-0.1, -0.05) is 52.0 Å². The van der Waals surface area contributed by atoms with Gasteiger partial charge in [0.15, 0.2) is 0 Å². The summed E-state index contributed by atoms with van der Waals surface area (Å²) in [6.07, 6.45) is 0.980. The third-order valence-electron chi connectivity index (χ3n) is 2.74. The number of carbonyl (C=O) groups is 2. The molecule has 1 rings (SSSR count). The lowest BCUT2D eigenvalue weighted by Gasteiger charge is -2.08. The van der Waals surface area contributed by atoms with E-state index < -0.39 is 11.7 Å². The van der Waals surface area contributed by atoms with E-state index in [2.05, 4.69) is 19.2 Å². The zero-order valence-electron chi connectivity index (χ0n) is 12.2. The van der Waals surface area contributed by atoms with E-state index in [9.17, 15) is 9.59 Å². The van der Waals surface area contributed by atoms with Crippen molar-refractivity contribution in [3.8, 4) is 0 Å². The molecule has 0 aromatic heterocycles. The fraction of sp³-hybridized carbons (Fsp3) is 0.500. The lowest BCUT2D eigenvalue weighted by Crippen LogP contribution is -2.33. The van der Waals surface area contributed by atoms with Crippen LogP contribution >= 0.6 is 0 Å². The van der Waals surface area contributed by atoms with Gasteiger partial charge in [0.05, 0.1) is 0 Å². The minimum atomic E-state index is -0.523. The molecule has 19 heavy (non-hydrogen) atoms. The predicted octanol–water partition coefficient (Wildman–Crippen LogP) is 2.84. The Kier molecular flexibility index (Phi) is 5.74. The van der Waals surface area contributed by atoms with E-state index in [1.807, 2.05) is 26.0 Å². The molecule has 0 saturated carbocycles. The Morgan fingerprint density at radius 2 is 1.58 bits per heavy atom. The van der Waals surface area contributed by atoms with Crippen LogP contribution < -0.4 is 5.32 Å². The zero-order valence-corrected chi connectivity index (χ0v) is 12.2. The van der Waals surface area contributed by atoms with Crippen LogP contribution in [0, 0.1) is 11.8 Å². The second-order valence-corrected chi connectivity index (χ2v) is 5.73. The Morgan fingerprint density at radius 1 is 1.00 bits per heavy atom. The van der Waals surface area contributed by atoms with Gasteiger partial charge in [0.1, 0.15) is 0 Å². The minimum Gasteiger partial charge on any atom is -0.349 e. The molecule has 0 atom stereocenters. The molecule has 0 spiro atoms. The minimum absolute atomic E-state index is 0.338. The number of benzene rings is 1. The fourth-order valence-electron chi connectivity index (χ4n) is 1.77. The molecular weight excluding hydrogens is 238 g/mol. The lowest BCUT2D eigenvalue weighted by molar-refractivity contribution is -0.117. The molecule has 104 valence electrons. The van der Waals surface area contributed by atoms with Crippen molar-refractivity contribution in [2.45, 2.75) is 34.1 Å². The molecule has 0 saturated heterocycles. The molecule has 0 aliphatic heterocycles. The summed E-state index contributed by atoms with van der Waals surface area (Å²) in [6.45, 7) is 8.81. The summed E-state index contributed by atoms with van der Waals surface area (Å²) in [6, 6.07) is 7.30. The van der Waals surface area contributed by atoms with E-state index in [-0.39, 0.29) is 0 Å². The van der Waals surface area contributed by atoms with Crippen molar-refractivity contribution in [2.75, 3.05) is 6.54 Å². The van der Waals surface area contributed by atoms with E-state index in [0.29, 0.717) is 23.9 Å². The third kappa shape index (κ3) is 5.25. The molecule has 1 N–H and O–H groups in total. The number of rotatable bonds is 6. The summed E-state index contributed by atoms with van der Waals surface area (Å²) in [7, 11) is 0. The molecule has 1 aromatic carbocycles. The van der Waals surface area contributed by atoms with Crippen molar-refractivity contribution in [1.29, 1.82) is 0 Å². The second kappa shape index (κ2) is 7.07. The number of nitrogens with one attached hydrogen (secondary N) is 1. The van der Waals surface area contributed by atoms with Crippen LogP contribution in [-0.4, -0.2) is 18.2 Å². The number of ketones is 1. The normalized spacial score (nSPS) is 10.8. The number of carbonyl (C=O) groups excluding carboxylic acids is 2. The third-order valence-corrected chi connectivity index (χ3v) is 2.74. The highest BCUT2D eigenvalue weighted by Crippen LogP contribution is 2.10. The average Bonchev–Trinajstić information content (AvgIpc) is 2.35. The highest BCUT2D eigenvalue weighted by atomic mass is 16.2. The van der Waals surface area contributed by atoms with E-state index >= 15 is 0 Å². The van der Waals surface area contributed by atoms with Gasteiger partial charge in [-0.15, -0.1) is 0 Å². The predicted molar refractivity (Wildman–Crippen MR) is 77.2 cm³/mol. The lowest BCUT2D eigenvalue weighted by atomic mass is 10.0. The van der Waals surface area contributed by atoms with Crippen molar-refractivity contribution >= 4 is 11.7 Å². The second-order valence-electron chi connectivity index (χ2n) is 5.73. The summed E-state index contributed by atoms with van der Waals surface area (Å²) in [5.74, 6) is -0.0666. The van der Waals surface area contributed by atoms with Crippen molar-refractivity contribution < 1.29 is 9.59 Å². The molecule has 3 heteroatoms. The van der Waals surface area contributed by atoms with Crippen LogP contribution in [0.15, 0.2) is 24.3 Å². The topological polar surface area (TPSA) is 46.2 Å². The van der Waals surface area contributed by atoms with Gasteiger partial charge in [-0.3, -0.25) is 9.59 Å². The van der Waals surface area contributed by atoms with Crippen LogP contribution in [0.1, 0.15) is 43.6 Å². The molecule has 0 aliphatic rings. The standard InChI is InChI=1S/C16H23NO2/c1-11(2)9-13-5-7-14(8-6-13)15(18)16(19)17-10-12(3)4/h5-8,11-12H,9-10H2,1-4H3,(H,17,19). The van der Waals surface area contributed by atoms with Gasteiger partial charge < -0.3 is 5.32 Å². The van der Waals surface area contributed by atoms with Crippen molar-refractivity contribution in [2.24, 2.45) is 11.8 Å². The Bertz CT molecular complexity index is 433. The van der Waals surface area contributed by atoms with E-state index in [4.69, 9.17) is 0 Å². The summed E-state index contributed by atoms with van der Waals surface area (Å²) in [4.78, 5) is 23.5. The maximum atomic E-state index is 11.9. The highest BCUT2D eigenvalue weighted by molar-refractivity contribution is 6.42. The zero-order chi connectivity index (χ0) is 14.4. The number of hydrogen-bond acceptors (Lipinski definition) is 2. The Balaban J connectivity index is 2.64. The van der Waals surface area contributed by atoms with Crippen LogP contribution in [0.5, 0.6) is 0 Å². The summed E-state index contributed by atoms with van der Waals surface area (Å²) in [5, 5.41) is 2.64. The van der Waals surface area contributed by atoms with E-state index in [1.54, 1.807) is 12.1 Å². The van der Waals surface area contributed by atoms with Crippen LogP contribution in [0.25, 0.3) is 0 Å². The molecule has 0 radical (unpaired) electrons. The maximum absolute atomic E-state index is 11.9. The van der Waals surface area contributed by atoms with Gasteiger partial charge in [0.2, 0.25) is 5.78 Å². The monoisotopic (exact) mass is 261 g/mol. The SMILES string of the molecule is CC(C)CNC(=O)C(=O)c1ccc(CC(C)C)cc1. The highest BCUT2D eigenvalue weighted by Gasteiger charge is 2.15. The molecule has 0 fully saturated rings. The Labute approximate surface area is 115 Å². The first kappa shape index (κ1) is 15.4. The molecule has 0 unspecified atom stereocenters. The number of amides is 1. The molecule has 0 aliphatic carbocycles. The van der Waals surface area contributed by atoms with Gasteiger partial charge in [0.25, 0.3) is 5.91 Å².